The zero-order valence-corrected chi connectivity index (χ0v) is 17.5. The van der Waals surface area contributed by atoms with E-state index in [0.717, 1.165) is 0 Å². The van der Waals surface area contributed by atoms with E-state index in [1.54, 1.807) is 18.0 Å². The largest absolute Gasteiger partial charge is 0.480 e. The summed E-state index contributed by atoms with van der Waals surface area (Å²) in [4.78, 5) is 24.9. The zero-order valence-electron chi connectivity index (χ0n) is 16.6. The molecule has 0 saturated heterocycles. The Hall–Kier alpha value is -2.72. The number of rotatable bonds is 4. The van der Waals surface area contributed by atoms with E-state index < -0.39 is 22.5 Å². The molecule has 3 N–H and O–H groups in total. The number of hydrogen-bond donors (Lipinski definition) is 2. The van der Waals surface area contributed by atoms with Crippen LogP contribution in [-0.4, -0.2) is 51.5 Å². The molecule has 1 unspecified atom stereocenters. The summed E-state index contributed by atoms with van der Waals surface area (Å²) in [5, 5.41) is 2.71. The zero-order chi connectivity index (χ0) is 21.2. The van der Waals surface area contributed by atoms with Crippen molar-refractivity contribution in [1.82, 2.24) is 14.3 Å². The number of aliphatic imine (C=N–C) groups is 1. The van der Waals surface area contributed by atoms with E-state index in [-0.39, 0.29) is 5.69 Å². The fraction of sp³-hybridized carbons (Fsp3) is 0.368. The van der Waals surface area contributed by atoms with Gasteiger partial charge in [0, 0.05) is 17.8 Å². The van der Waals surface area contributed by atoms with E-state index in [9.17, 15) is 9.18 Å². The van der Waals surface area contributed by atoms with Crippen LogP contribution in [0, 0.1) is 5.82 Å². The first-order valence-corrected chi connectivity index (χ1v) is 9.68. The van der Waals surface area contributed by atoms with Gasteiger partial charge >= 0.3 is 0 Å². The minimum atomic E-state index is -0.494. The molecule has 29 heavy (non-hydrogen) atoms. The van der Waals surface area contributed by atoms with E-state index in [0.29, 0.717) is 29.5 Å². The third-order valence-electron chi connectivity index (χ3n) is 4.41. The Bertz CT molecular complexity index is 935. The van der Waals surface area contributed by atoms with Crippen LogP contribution in [0.2, 0.25) is 0 Å². The molecule has 0 aliphatic carbocycles. The maximum Gasteiger partial charge on any atom is 0.275 e. The molecule has 0 fully saturated rings. The highest BCUT2D eigenvalue weighted by Gasteiger charge is 2.32. The van der Waals surface area contributed by atoms with Gasteiger partial charge in [0.2, 0.25) is 5.88 Å². The Morgan fingerprint density at radius 2 is 2.14 bits per heavy atom. The lowest BCUT2D eigenvalue weighted by atomic mass is 10.0. The van der Waals surface area contributed by atoms with Gasteiger partial charge in [-0.3, -0.25) is 14.1 Å². The van der Waals surface area contributed by atoms with Gasteiger partial charge in [-0.15, -0.1) is 0 Å². The van der Waals surface area contributed by atoms with Gasteiger partial charge in [-0.1, -0.05) is 11.9 Å². The van der Waals surface area contributed by atoms with Gasteiger partial charge in [0.25, 0.3) is 5.91 Å². The number of aromatic nitrogens is 2. The number of nitrogens with zero attached hydrogens (tertiary/aromatic N) is 4. The van der Waals surface area contributed by atoms with Crippen molar-refractivity contribution in [3.63, 3.8) is 0 Å². The van der Waals surface area contributed by atoms with Gasteiger partial charge in [0.05, 0.1) is 30.3 Å². The summed E-state index contributed by atoms with van der Waals surface area (Å²) in [6, 6.07) is 3.87. The molecular weight excluding hydrogens is 395 g/mol. The number of nitrogens with one attached hydrogen (secondary N) is 1. The van der Waals surface area contributed by atoms with Crippen LogP contribution in [0.1, 0.15) is 35.9 Å². The second-order valence-electron chi connectivity index (χ2n) is 7.08. The lowest BCUT2D eigenvalue weighted by Crippen LogP contribution is -2.36. The summed E-state index contributed by atoms with van der Waals surface area (Å²) in [7, 11) is 3.38. The van der Waals surface area contributed by atoms with Crippen molar-refractivity contribution < 1.29 is 13.9 Å². The van der Waals surface area contributed by atoms with E-state index in [2.05, 4.69) is 20.3 Å². The summed E-state index contributed by atoms with van der Waals surface area (Å²) in [5.41, 5.74) is 7.06. The van der Waals surface area contributed by atoms with Crippen LogP contribution in [0.3, 0.4) is 0 Å². The molecule has 0 saturated carbocycles. The van der Waals surface area contributed by atoms with Gasteiger partial charge in [0.15, 0.2) is 0 Å². The third-order valence-corrected chi connectivity index (χ3v) is 5.53. The molecule has 0 radical (unpaired) electrons. The minimum Gasteiger partial charge on any atom is -0.480 e. The Labute approximate surface area is 172 Å². The SMILES string of the molecule is COc1cnc(C(=O)Nc2ccc(F)c(C3CN(C)SC(C)(C)C(N)=N3)c2)cn1. The number of amides is 1. The van der Waals surface area contributed by atoms with E-state index in [1.165, 1.54) is 31.6 Å². The van der Waals surface area contributed by atoms with Gasteiger partial charge in [-0.05, 0) is 39.1 Å². The number of benzene rings is 1. The quantitative estimate of drug-likeness (QED) is 0.735. The number of carbonyl (C=O) groups excluding carboxylic acids is 1. The summed E-state index contributed by atoms with van der Waals surface area (Å²) < 4.78 is 21.1. The Kier molecular flexibility index (Phi) is 6.04. The predicted molar refractivity (Wildman–Crippen MR) is 112 cm³/mol. The number of ether oxygens (including phenoxy) is 1. The summed E-state index contributed by atoms with van der Waals surface area (Å²) in [6.45, 7) is 4.42. The number of anilines is 1. The summed E-state index contributed by atoms with van der Waals surface area (Å²) in [5.74, 6) is -0.124. The van der Waals surface area contributed by atoms with Crippen LogP contribution in [0.5, 0.6) is 5.88 Å². The molecule has 8 nitrogen and oxygen atoms in total. The van der Waals surface area contributed by atoms with Gasteiger partial charge < -0.3 is 15.8 Å². The number of methoxy groups -OCH3 is 1. The van der Waals surface area contributed by atoms with Crippen LogP contribution in [0.25, 0.3) is 0 Å². The molecule has 1 aliphatic heterocycles. The van der Waals surface area contributed by atoms with Crippen LogP contribution < -0.4 is 15.8 Å². The highest BCUT2D eigenvalue weighted by molar-refractivity contribution is 7.99. The first kappa shape index (κ1) is 21.0. The van der Waals surface area contributed by atoms with E-state index in [1.807, 2.05) is 25.2 Å². The second-order valence-corrected chi connectivity index (χ2v) is 8.90. The average Bonchev–Trinajstić information content (AvgIpc) is 2.78. The maximum atomic E-state index is 14.6. The van der Waals surface area contributed by atoms with Crippen molar-refractivity contribution in [3.8, 4) is 5.88 Å². The molecule has 154 valence electrons. The molecule has 10 heteroatoms. The number of carbonyl (C=O) groups is 1. The molecule has 3 rings (SSSR count). The number of nitrogens with two attached hydrogens (primary N) is 1. The molecule has 1 aliphatic rings. The van der Waals surface area contributed by atoms with Crippen molar-refractivity contribution in [1.29, 1.82) is 0 Å². The third kappa shape index (κ3) is 4.83. The van der Waals surface area contributed by atoms with Crippen molar-refractivity contribution in [2.75, 3.05) is 26.0 Å². The molecule has 1 amide bonds. The minimum absolute atomic E-state index is 0.117. The number of halogens is 1. The number of amidine groups is 1. The van der Waals surface area contributed by atoms with E-state index >= 15 is 0 Å². The molecule has 2 aromatic rings. The lowest BCUT2D eigenvalue weighted by molar-refractivity contribution is 0.102. The van der Waals surface area contributed by atoms with Crippen LogP contribution in [0.4, 0.5) is 10.1 Å². The van der Waals surface area contributed by atoms with Crippen molar-refractivity contribution in [2.24, 2.45) is 10.7 Å². The lowest BCUT2D eigenvalue weighted by Gasteiger charge is -2.25. The molecule has 2 heterocycles. The normalized spacial score (nSPS) is 19.2. The maximum absolute atomic E-state index is 14.6. The molecule has 0 bridgehead atoms. The van der Waals surface area contributed by atoms with Crippen molar-refractivity contribution >= 4 is 29.4 Å². The average molecular weight is 418 g/mol. The highest BCUT2D eigenvalue weighted by Crippen LogP contribution is 2.35. The summed E-state index contributed by atoms with van der Waals surface area (Å²) >= 11 is 1.55. The standard InChI is InChI=1S/C19H23FN6O2S/c1-19(2)18(21)25-15(10-26(3)29-19)12-7-11(5-6-13(12)20)24-17(27)14-8-23-16(28-4)9-22-14/h5-9,15H,10H2,1-4H3,(H2,21,25)(H,24,27). The first-order chi connectivity index (χ1) is 13.7. The topological polar surface area (TPSA) is 106 Å². The first-order valence-electron chi connectivity index (χ1n) is 8.90. The van der Waals surface area contributed by atoms with Crippen LogP contribution >= 0.6 is 11.9 Å². The summed E-state index contributed by atoms with van der Waals surface area (Å²) in [6.07, 6.45) is 2.66. The van der Waals surface area contributed by atoms with Crippen molar-refractivity contribution in [3.05, 3.63) is 47.7 Å². The highest BCUT2D eigenvalue weighted by atomic mass is 32.2. The predicted octanol–water partition coefficient (Wildman–Crippen LogP) is 2.65. The van der Waals surface area contributed by atoms with Gasteiger partial charge in [-0.25, -0.2) is 14.4 Å². The van der Waals surface area contributed by atoms with Crippen LogP contribution in [-0.2, 0) is 0 Å². The van der Waals surface area contributed by atoms with Crippen LogP contribution in [0.15, 0.2) is 35.6 Å². The number of likely N-dealkylation sites (N-methyl/N-ethyl adjacent to an activating group) is 1. The van der Waals surface area contributed by atoms with Gasteiger partial charge in [-0.2, -0.15) is 0 Å². The molecular formula is C19H23FN6O2S. The smallest absolute Gasteiger partial charge is 0.275 e. The molecule has 1 aromatic carbocycles. The molecule has 1 aromatic heterocycles. The van der Waals surface area contributed by atoms with Gasteiger partial charge in [0.1, 0.15) is 17.3 Å². The van der Waals surface area contributed by atoms with E-state index in [4.69, 9.17) is 10.5 Å². The monoisotopic (exact) mass is 418 g/mol. The fourth-order valence-corrected chi connectivity index (χ4v) is 4.00. The number of hydrogen-bond acceptors (Lipinski definition) is 8. The Morgan fingerprint density at radius 3 is 2.79 bits per heavy atom. The fourth-order valence-electron chi connectivity index (χ4n) is 2.86. The Balaban J connectivity index is 1.85. The Morgan fingerprint density at radius 1 is 1.38 bits per heavy atom. The molecule has 0 spiro atoms. The van der Waals surface area contributed by atoms with Crippen molar-refractivity contribution in [2.45, 2.75) is 24.6 Å². The second kappa shape index (κ2) is 8.34. The molecule has 1 atom stereocenters.